The lowest BCUT2D eigenvalue weighted by atomic mass is 9.87. The van der Waals surface area contributed by atoms with Crippen molar-refractivity contribution in [3.8, 4) is 0 Å². The maximum Gasteiger partial charge on any atom is 0.490 e. The van der Waals surface area contributed by atoms with E-state index in [4.69, 9.17) is 14.3 Å². The number of alkyl halides is 3. The van der Waals surface area contributed by atoms with Crippen LogP contribution in [0.5, 0.6) is 0 Å². The van der Waals surface area contributed by atoms with Crippen molar-refractivity contribution in [3.63, 3.8) is 0 Å². The second-order valence-electron chi connectivity index (χ2n) is 10.4. The van der Waals surface area contributed by atoms with Crippen LogP contribution in [0.15, 0.2) is 59.6 Å². The van der Waals surface area contributed by atoms with Crippen LogP contribution in [-0.4, -0.2) is 44.6 Å². The van der Waals surface area contributed by atoms with Crippen molar-refractivity contribution in [2.45, 2.75) is 64.7 Å². The van der Waals surface area contributed by atoms with Gasteiger partial charge in [0.25, 0.3) is 5.91 Å². The van der Waals surface area contributed by atoms with Crippen LogP contribution in [0.2, 0.25) is 0 Å². The molecule has 3 rings (SSSR count). The van der Waals surface area contributed by atoms with E-state index in [0.29, 0.717) is 11.4 Å². The summed E-state index contributed by atoms with van der Waals surface area (Å²) in [5, 5.41) is 10.1. The molecular weight excluding hydrogens is 505 g/mol. The molecule has 206 valence electrons. The lowest BCUT2D eigenvalue weighted by molar-refractivity contribution is -0.192. The Morgan fingerprint density at radius 1 is 1.03 bits per heavy atom. The summed E-state index contributed by atoms with van der Waals surface area (Å²) in [6, 6.07) is 9.94. The maximum atomic E-state index is 13.5. The molecule has 1 atom stereocenters. The zero-order valence-electron chi connectivity index (χ0n) is 21.9. The molecule has 12 heteroatoms. The van der Waals surface area contributed by atoms with E-state index >= 15 is 0 Å². The Balaban J connectivity index is 0.000000638. The first-order valence-corrected chi connectivity index (χ1v) is 11.5. The lowest BCUT2D eigenvalue weighted by Crippen LogP contribution is -2.49. The second kappa shape index (κ2) is 11.5. The van der Waals surface area contributed by atoms with Crippen molar-refractivity contribution in [2.75, 3.05) is 4.90 Å². The summed E-state index contributed by atoms with van der Waals surface area (Å²) < 4.78 is 37.1. The van der Waals surface area contributed by atoms with Gasteiger partial charge in [-0.2, -0.15) is 13.2 Å². The number of aromatic amines is 1. The molecule has 1 unspecified atom stereocenters. The van der Waals surface area contributed by atoms with Crippen molar-refractivity contribution < 1.29 is 37.1 Å². The number of nitrogens with zero attached hydrogens (tertiary/aromatic N) is 2. The number of rotatable bonds is 5. The molecular formula is C26H31F3N4O5. The minimum Gasteiger partial charge on any atom is -0.475 e. The summed E-state index contributed by atoms with van der Waals surface area (Å²) in [5.74, 6) is -3.35. The zero-order valence-corrected chi connectivity index (χ0v) is 21.9. The van der Waals surface area contributed by atoms with Crippen molar-refractivity contribution >= 4 is 23.5 Å². The van der Waals surface area contributed by atoms with Crippen LogP contribution in [0.4, 0.5) is 18.9 Å². The van der Waals surface area contributed by atoms with Crippen molar-refractivity contribution in [2.24, 2.45) is 0 Å². The summed E-state index contributed by atoms with van der Waals surface area (Å²) in [7, 11) is 0. The van der Waals surface area contributed by atoms with Gasteiger partial charge in [-0.25, -0.2) is 9.78 Å². The summed E-state index contributed by atoms with van der Waals surface area (Å²) >= 11 is 0. The number of furan rings is 1. The molecule has 0 aliphatic carbocycles. The molecule has 0 aliphatic rings. The third kappa shape index (κ3) is 8.22. The van der Waals surface area contributed by atoms with Crippen molar-refractivity contribution in [1.29, 1.82) is 0 Å². The Morgan fingerprint density at radius 3 is 2.00 bits per heavy atom. The van der Waals surface area contributed by atoms with Crippen molar-refractivity contribution in [1.82, 2.24) is 15.3 Å². The molecule has 0 radical (unpaired) electrons. The average Bonchev–Trinajstić information content (AvgIpc) is 3.49. The quantitative estimate of drug-likeness (QED) is 0.409. The maximum absolute atomic E-state index is 13.5. The normalized spacial score (nSPS) is 12.7. The highest BCUT2D eigenvalue weighted by molar-refractivity contribution is 6.08. The fraction of sp³-hybridized carbons (Fsp3) is 0.385. The number of benzene rings is 1. The number of aromatic nitrogens is 2. The van der Waals surface area contributed by atoms with E-state index in [1.165, 1.54) is 17.5 Å². The van der Waals surface area contributed by atoms with Gasteiger partial charge in [-0.15, -0.1) is 0 Å². The van der Waals surface area contributed by atoms with Gasteiger partial charge in [0.15, 0.2) is 11.8 Å². The van der Waals surface area contributed by atoms with Gasteiger partial charge in [0.05, 0.1) is 24.5 Å². The van der Waals surface area contributed by atoms with Gasteiger partial charge < -0.3 is 19.8 Å². The number of nitrogens with one attached hydrogen (secondary N) is 2. The highest BCUT2D eigenvalue weighted by Gasteiger charge is 2.38. The second-order valence-corrected chi connectivity index (χ2v) is 10.4. The predicted molar refractivity (Wildman–Crippen MR) is 134 cm³/mol. The third-order valence-electron chi connectivity index (χ3n) is 5.02. The SMILES string of the molecule is CC(C)(C)NC(=O)C(c1cnc[nH]1)N(C(=O)c1ccco1)c1ccc(C(C)(C)C)cc1.O=C(O)C(F)(F)F. The molecule has 0 aliphatic heterocycles. The van der Waals surface area contributed by atoms with Gasteiger partial charge in [0.1, 0.15) is 0 Å². The van der Waals surface area contributed by atoms with Crippen LogP contribution < -0.4 is 10.2 Å². The standard InChI is InChI=1S/C24H30N4O3.C2HF3O2/c1-23(2,3)16-9-11-17(12-10-16)28(22(30)19-8-7-13-31-19)20(18-14-25-15-26-18)21(29)27-24(4,5)6;3-2(4,5)1(6)7/h7-15,20H,1-6H3,(H,25,26)(H,27,29);(H,6,7). The molecule has 2 aromatic heterocycles. The molecule has 1 aromatic carbocycles. The minimum atomic E-state index is -5.08. The van der Waals surface area contributed by atoms with Gasteiger partial charge in [-0.1, -0.05) is 32.9 Å². The number of imidazole rings is 1. The molecule has 38 heavy (non-hydrogen) atoms. The molecule has 0 bridgehead atoms. The number of aliphatic carboxylic acids is 1. The highest BCUT2D eigenvalue weighted by atomic mass is 19.4. The molecule has 9 nitrogen and oxygen atoms in total. The van der Waals surface area contributed by atoms with Crippen LogP contribution in [0.1, 0.15) is 69.4 Å². The molecule has 3 N–H and O–H groups in total. The number of carboxylic acids is 1. The van der Waals surface area contributed by atoms with Gasteiger partial charge in [0, 0.05) is 11.2 Å². The molecule has 0 saturated carbocycles. The fourth-order valence-corrected chi connectivity index (χ4v) is 3.28. The molecule has 2 amide bonds. The number of amides is 2. The van der Waals surface area contributed by atoms with Gasteiger partial charge in [-0.3, -0.25) is 14.5 Å². The molecule has 2 heterocycles. The van der Waals surface area contributed by atoms with E-state index in [2.05, 4.69) is 36.1 Å². The third-order valence-corrected chi connectivity index (χ3v) is 5.02. The molecule has 0 spiro atoms. The van der Waals surface area contributed by atoms with E-state index in [1.807, 2.05) is 45.0 Å². The van der Waals surface area contributed by atoms with E-state index in [1.54, 1.807) is 18.3 Å². The van der Waals surface area contributed by atoms with Crippen LogP contribution in [-0.2, 0) is 15.0 Å². The summed E-state index contributed by atoms with van der Waals surface area (Å²) in [6.45, 7) is 12.1. The lowest BCUT2D eigenvalue weighted by Gasteiger charge is -2.32. The first kappa shape index (κ1) is 30.1. The van der Waals surface area contributed by atoms with Crippen LogP contribution in [0.3, 0.4) is 0 Å². The van der Waals surface area contributed by atoms with Crippen LogP contribution >= 0.6 is 0 Å². The largest absolute Gasteiger partial charge is 0.490 e. The van der Waals surface area contributed by atoms with Gasteiger partial charge in [-0.05, 0) is 56.0 Å². The van der Waals surface area contributed by atoms with E-state index in [-0.39, 0.29) is 17.1 Å². The zero-order chi connectivity index (χ0) is 28.9. The Labute approximate surface area is 218 Å². The molecule has 3 aromatic rings. The Kier molecular flexibility index (Phi) is 9.14. The molecule has 0 saturated heterocycles. The van der Waals surface area contributed by atoms with Crippen LogP contribution in [0.25, 0.3) is 0 Å². The minimum absolute atomic E-state index is 0.0409. The smallest absolute Gasteiger partial charge is 0.475 e. The average molecular weight is 537 g/mol. The van der Waals surface area contributed by atoms with E-state index in [0.717, 1.165) is 5.56 Å². The number of anilines is 1. The number of hydrogen-bond donors (Lipinski definition) is 3. The topological polar surface area (TPSA) is 129 Å². The van der Waals surface area contributed by atoms with Gasteiger partial charge in [0.2, 0.25) is 5.91 Å². The van der Waals surface area contributed by atoms with E-state index < -0.39 is 29.6 Å². The first-order chi connectivity index (χ1) is 17.4. The number of carbonyl (C=O) groups excluding carboxylic acids is 2. The molecule has 0 fully saturated rings. The summed E-state index contributed by atoms with van der Waals surface area (Å²) in [5.41, 5.74) is 1.68. The first-order valence-electron chi connectivity index (χ1n) is 11.5. The van der Waals surface area contributed by atoms with E-state index in [9.17, 15) is 22.8 Å². The Hall–Kier alpha value is -4.09. The summed E-state index contributed by atoms with van der Waals surface area (Å²) in [6.07, 6.45) is -0.599. The monoisotopic (exact) mass is 536 g/mol. The number of H-pyrrole nitrogens is 1. The number of carbonyl (C=O) groups is 3. The fourth-order valence-electron chi connectivity index (χ4n) is 3.28. The Morgan fingerprint density at radius 2 is 1.61 bits per heavy atom. The van der Waals surface area contributed by atoms with Crippen LogP contribution in [0, 0.1) is 0 Å². The number of carboxylic acid groups (broad SMARTS) is 1. The highest BCUT2D eigenvalue weighted by Crippen LogP contribution is 2.31. The predicted octanol–water partition coefficient (Wildman–Crippen LogP) is 5.24. The number of hydrogen-bond acceptors (Lipinski definition) is 5. The van der Waals surface area contributed by atoms with Crippen molar-refractivity contribution in [3.05, 3.63) is 72.2 Å². The van der Waals surface area contributed by atoms with Gasteiger partial charge >= 0.3 is 12.1 Å². The Bertz CT molecular complexity index is 1210. The summed E-state index contributed by atoms with van der Waals surface area (Å²) in [4.78, 5) is 44.3. The number of halogens is 3.